The molecule has 1 aromatic heterocycles. The van der Waals surface area contributed by atoms with Crippen LogP contribution >= 0.6 is 0 Å². The molecule has 4 saturated heterocycles. The van der Waals surface area contributed by atoms with Crippen LogP contribution in [0.4, 0.5) is 5.69 Å². The van der Waals surface area contributed by atoms with Crippen molar-refractivity contribution in [3.05, 3.63) is 93.5 Å². The first-order valence-electron chi connectivity index (χ1n) is 27.9. The Balaban J connectivity index is 0.831. The SMILES string of the molecule is C=c1/c(=C\C(=NC)c2ccc(C3(C)CCN(C(=O)C4=CC=C(C(=O)N5CCC(CC6=CC=CC(C)C6C(=O)N(C=O)C6CCC(=O)NC6=O)CC5)CC4)CC3)c(N(C=O)C3CC(N4CCCCC4)C3)c2)ncn1C(C)C. The molecule has 3 unspecified atom stereocenters. The number of allylic oxidation sites excluding steroid dienone is 5. The van der Waals surface area contributed by atoms with Gasteiger partial charge in [0.25, 0.3) is 0 Å². The summed E-state index contributed by atoms with van der Waals surface area (Å²) in [7, 11) is 1.78. The molecule has 16 heteroatoms. The third-order valence-corrected chi connectivity index (χ3v) is 17.8. The number of hydrogen-bond acceptors (Lipinski definition) is 10. The molecular weight excluding hydrogens is 959 g/mol. The number of rotatable bonds is 15. The molecule has 3 aliphatic carbocycles. The average molecular weight is 1040 g/mol. The predicted molar refractivity (Wildman–Crippen MR) is 293 cm³/mol. The van der Waals surface area contributed by atoms with E-state index in [1.54, 1.807) is 7.05 Å². The summed E-state index contributed by atoms with van der Waals surface area (Å²) in [5, 5.41) is 3.83. The number of anilines is 1. The van der Waals surface area contributed by atoms with Crippen LogP contribution in [-0.4, -0.2) is 142 Å². The highest BCUT2D eigenvalue weighted by Gasteiger charge is 2.43. The van der Waals surface area contributed by atoms with E-state index in [-0.39, 0.29) is 54.0 Å². The molecule has 1 saturated carbocycles. The van der Waals surface area contributed by atoms with E-state index in [9.17, 15) is 33.6 Å². The van der Waals surface area contributed by atoms with Gasteiger partial charge in [-0.1, -0.05) is 74.9 Å². The molecule has 0 radical (unpaired) electrons. The minimum atomic E-state index is -1.02. The van der Waals surface area contributed by atoms with Crippen molar-refractivity contribution in [3.63, 3.8) is 0 Å². The zero-order chi connectivity index (χ0) is 53.8. The maximum atomic E-state index is 14.2. The number of piperidine rings is 4. The number of carbonyl (C=O) groups is 7. The fourth-order valence-electron chi connectivity index (χ4n) is 12.9. The number of imidazole rings is 1. The molecule has 76 heavy (non-hydrogen) atoms. The number of carbonyl (C=O) groups excluding carboxylic acids is 7. The lowest BCUT2D eigenvalue weighted by Gasteiger charge is -2.49. The highest BCUT2D eigenvalue weighted by molar-refractivity contribution is 6.21. The van der Waals surface area contributed by atoms with Crippen LogP contribution in [0.1, 0.15) is 135 Å². The Hall–Kier alpha value is -6.55. The second-order valence-corrected chi connectivity index (χ2v) is 22.9. The van der Waals surface area contributed by atoms with E-state index in [1.807, 2.05) is 69.0 Å². The summed E-state index contributed by atoms with van der Waals surface area (Å²) in [5.74, 6) is -2.08. The van der Waals surface area contributed by atoms with Crippen LogP contribution in [0.5, 0.6) is 0 Å². The molecule has 16 nitrogen and oxygen atoms in total. The first-order chi connectivity index (χ1) is 36.6. The minimum absolute atomic E-state index is 0.00397. The van der Waals surface area contributed by atoms with Crippen molar-refractivity contribution in [1.29, 1.82) is 0 Å². The Morgan fingerprint density at radius 3 is 2.16 bits per heavy atom. The van der Waals surface area contributed by atoms with E-state index in [1.165, 1.54) is 19.3 Å². The molecule has 7 amide bonds. The van der Waals surface area contributed by atoms with Crippen molar-refractivity contribution in [2.24, 2.45) is 22.7 Å². The monoisotopic (exact) mass is 1040 g/mol. The maximum Gasteiger partial charge on any atom is 0.249 e. The van der Waals surface area contributed by atoms with E-state index in [4.69, 9.17) is 4.99 Å². The summed E-state index contributed by atoms with van der Waals surface area (Å²) in [5.41, 5.74) is 5.65. The highest BCUT2D eigenvalue weighted by Crippen LogP contribution is 2.44. The first-order valence-corrected chi connectivity index (χ1v) is 27.9. The van der Waals surface area contributed by atoms with E-state index in [0.717, 1.165) is 102 Å². The molecule has 7 aliphatic rings. The summed E-state index contributed by atoms with van der Waals surface area (Å²) in [6.07, 6.45) is 25.0. The molecule has 0 spiro atoms. The molecule has 4 aliphatic heterocycles. The summed E-state index contributed by atoms with van der Waals surface area (Å²) < 4.78 is 2.05. The summed E-state index contributed by atoms with van der Waals surface area (Å²) in [6, 6.07) is 6.19. The van der Waals surface area contributed by atoms with Gasteiger partial charge >= 0.3 is 0 Å². The Morgan fingerprint density at radius 1 is 0.895 bits per heavy atom. The Labute approximate surface area is 447 Å². The molecule has 1 aromatic carbocycles. The maximum absolute atomic E-state index is 14.2. The second-order valence-electron chi connectivity index (χ2n) is 22.9. The highest BCUT2D eigenvalue weighted by atomic mass is 16.2. The van der Waals surface area contributed by atoms with E-state index < -0.39 is 29.7 Å². The molecule has 1 N–H and O–H groups in total. The van der Waals surface area contributed by atoms with Gasteiger partial charge in [0, 0.05) is 80.2 Å². The summed E-state index contributed by atoms with van der Waals surface area (Å²) in [6.45, 7) is 17.2. The number of amides is 7. The van der Waals surface area contributed by atoms with Crippen LogP contribution in [0.3, 0.4) is 0 Å². The third kappa shape index (κ3) is 11.3. The van der Waals surface area contributed by atoms with Crippen molar-refractivity contribution in [3.8, 4) is 0 Å². The number of nitrogens with one attached hydrogen (secondary N) is 1. The van der Waals surface area contributed by atoms with E-state index >= 15 is 0 Å². The number of imide groups is 2. The molecule has 2 aromatic rings. The lowest BCUT2D eigenvalue weighted by molar-refractivity contribution is -0.152. The zero-order valence-electron chi connectivity index (χ0n) is 45.3. The molecular formula is C60H77N9O7. The van der Waals surface area contributed by atoms with Crippen molar-refractivity contribution in [2.45, 2.75) is 147 Å². The smallest absolute Gasteiger partial charge is 0.249 e. The van der Waals surface area contributed by atoms with Crippen LogP contribution in [0.15, 0.2) is 76.6 Å². The number of likely N-dealkylation sites (tertiary alicyclic amines) is 3. The average Bonchev–Trinajstić information content (AvgIpc) is 3.79. The van der Waals surface area contributed by atoms with Crippen LogP contribution in [-0.2, 0) is 39.0 Å². The minimum Gasteiger partial charge on any atom is -0.339 e. The van der Waals surface area contributed by atoms with E-state index in [2.05, 4.69) is 60.7 Å². The van der Waals surface area contributed by atoms with Crippen LogP contribution in [0, 0.1) is 17.8 Å². The van der Waals surface area contributed by atoms with Crippen LogP contribution in [0.25, 0.3) is 12.7 Å². The van der Waals surface area contributed by atoms with Gasteiger partial charge in [-0.2, -0.15) is 0 Å². The zero-order valence-corrected chi connectivity index (χ0v) is 45.3. The number of aromatic nitrogens is 2. The number of aliphatic imine (C=N–C) groups is 1. The Bertz CT molecular complexity index is 2870. The molecule has 0 bridgehead atoms. The fraction of sp³-hybridized carbons (Fsp3) is 0.550. The number of benzene rings is 1. The van der Waals surface area contributed by atoms with Gasteiger partial charge in [-0.05, 0) is 139 Å². The second kappa shape index (κ2) is 23.4. The van der Waals surface area contributed by atoms with Gasteiger partial charge in [-0.3, -0.25) is 48.8 Å². The largest absolute Gasteiger partial charge is 0.339 e. The topological polar surface area (TPSA) is 178 Å². The van der Waals surface area contributed by atoms with Crippen LogP contribution in [0.2, 0.25) is 0 Å². The molecule has 5 fully saturated rings. The first kappa shape index (κ1) is 54.2. The van der Waals surface area contributed by atoms with Gasteiger partial charge in [-0.15, -0.1) is 0 Å². The van der Waals surface area contributed by atoms with E-state index in [0.29, 0.717) is 69.0 Å². The molecule has 404 valence electrons. The number of hydrogen-bond donors (Lipinski definition) is 1. The standard InChI is InChI=1S/C60H77N9O7/c1-39(2)67-36-62-50(41(67)4)35-51(61-6)45-17-18-49(53(32-45)68(37-70)48-33-47(34-48)64-25-8-7-9-26-64)60(5)23-29-66(30-24-60)58(75)44-15-13-43(14-16-44)57(74)65-27-21-42(22-28-65)31-46-12-10-11-40(3)55(46)59(76)69(38-71)52-19-20-54(72)63-56(52)73/h10-13,15,17-18,32,35-40,42,47-48,52,55H,4,7-9,14,16,19-31,33-34H2,1-3,5-6H3,(H,63,72,73)/b50-35+,61-51?. The fourth-order valence-corrected chi connectivity index (χ4v) is 12.9. The third-order valence-electron chi connectivity index (χ3n) is 17.8. The molecule has 3 atom stereocenters. The van der Waals surface area contributed by atoms with Gasteiger partial charge in [0.1, 0.15) is 6.04 Å². The normalized spacial score (nSPS) is 25.8. The molecule has 5 heterocycles. The Morgan fingerprint density at radius 2 is 1.57 bits per heavy atom. The van der Waals surface area contributed by atoms with Gasteiger partial charge in [0.2, 0.25) is 42.4 Å². The predicted octanol–water partition coefficient (Wildman–Crippen LogP) is 5.45. The summed E-state index contributed by atoms with van der Waals surface area (Å²) in [4.78, 5) is 111. The van der Waals surface area contributed by atoms with Gasteiger partial charge < -0.3 is 24.2 Å². The molecule has 9 rings (SSSR count). The lowest BCUT2D eigenvalue weighted by atomic mass is 9.72. The van der Waals surface area contributed by atoms with Crippen molar-refractivity contribution in [2.75, 3.05) is 51.2 Å². The lowest BCUT2D eigenvalue weighted by Crippen LogP contribution is -2.55. The summed E-state index contributed by atoms with van der Waals surface area (Å²) >= 11 is 0. The van der Waals surface area contributed by atoms with Crippen molar-refractivity contribution >= 4 is 66.4 Å². The van der Waals surface area contributed by atoms with Gasteiger partial charge in [0.05, 0.1) is 28.7 Å². The van der Waals surface area contributed by atoms with Crippen molar-refractivity contribution < 1.29 is 33.6 Å². The quantitative estimate of drug-likeness (QED) is 0.138. The van der Waals surface area contributed by atoms with Crippen molar-refractivity contribution in [1.82, 2.24) is 34.5 Å². The van der Waals surface area contributed by atoms with Gasteiger partial charge in [0.15, 0.2) is 0 Å². The van der Waals surface area contributed by atoms with Gasteiger partial charge in [-0.25, -0.2) is 4.98 Å². The van der Waals surface area contributed by atoms with Crippen LogP contribution < -0.4 is 20.9 Å². The number of nitrogens with zero attached hydrogens (tertiary/aromatic N) is 8. The Kier molecular flexibility index (Phi) is 16.7.